The Morgan fingerprint density at radius 2 is 1.89 bits per heavy atom. The minimum atomic E-state index is -3.42. The van der Waals surface area contributed by atoms with Gasteiger partial charge < -0.3 is 4.74 Å². The van der Waals surface area contributed by atoms with E-state index in [2.05, 4.69) is 6.92 Å². The molecule has 0 amide bonds. The van der Waals surface area contributed by atoms with Crippen molar-refractivity contribution in [1.29, 1.82) is 0 Å². The van der Waals surface area contributed by atoms with Gasteiger partial charge in [-0.15, -0.1) is 0 Å². The van der Waals surface area contributed by atoms with Crippen molar-refractivity contribution in [2.75, 3.05) is 37.2 Å². The molecule has 2 aliphatic rings. The molecule has 0 bridgehead atoms. The van der Waals surface area contributed by atoms with E-state index in [1.54, 1.807) is 4.31 Å². The van der Waals surface area contributed by atoms with Crippen molar-refractivity contribution in [3.05, 3.63) is 29.8 Å². The Balaban J connectivity index is 1.95. The summed E-state index contributed by atoms with van der Waals surface area (Å²) in [5.74, 6) is 0.243. The van der Waals surface area contributed by atoms with Crippen molar-refractivity contribution in [1.82, 2.24) is 4.31 Å². The summed E-state index contributed by atoms with van der Waals surface area (Å²) in [4.78, 5) is 0. The van der Waals surface area contributed by atoms with Crippen LogP contribution in [-0.4, -0.2) is 45.6 Å². The van der Waals surface area contributed by atoms with Gasteiger partial charge in [0.1, 0.15) is 0 Å². The molecule has 0 N–H and O–H groups in total. The molecule has 0 radical (unpaired) electrons. The Morgan fingerprint density at radius 1 is 1.21 bits per heavy atom. The van der Waals surface area contributed by atoms with Crippen LogP contribution in [0.25, 0.3) is 0 Å². The molecule has 0 saturated carbocycles. The number of para-hydroxylation sites is 1. The fourth-order valence-corrected chi connectivity index (χ4v) is 4.43. The minimum Gasteiger partial charge on any atom is -0.379 e. The molecule has 0 aliphatic carbocycles. The highest BCUT2D eigenvalue weighted by atomic mass is 32.2. The quantitative estimate of drug-likeness (QED) is 0.818. The van der Waals surface area contributed by atoms with Crippen LogP contribution in [0.1, 0.15) is 18.4 Å². The molecule has 2 aliphatic heterocycles. The van der Waals surface area contributed by atoms with Crippen molar-refractivity contribution >= 4 is 15.9 Å². The molecule has 1 aromatic carbocycles. The lowest BCUT2D eigenvalue weighted by Crippen LogP contribution is -2.48. The third-order valence-corrected chi connectivity index (χ3v) is 5.67. The van der Waals surface area contributed by atoms with Gasteiger partial charge in [-0.2, -0.15) is 12.7 Å². The number of nitrogens with zero attached hydrogens (tertiary/aromatic N) is 2. The highest BCUT2D eigenvalue weighted by Crippen LogP contribution is 2.38. The van der Waals surface area contributed by atoms with Gasteiger partial charge in [0.25, 0.3) is 0 Å². The Kier molecular flexibility index (Phi) is 3.24. The highest BCUT2D eigenvalue weighted by Gasteiger charge is 2.37. The number of fused-ring (bicyclic) bond motifs is 1. The van der Waals surface area contributed by atoms with Crippen LogP contribution in [0.3, 0.4) is 0 Å². The zero-order chi connectivity index (χ0) is 13.5. The van der Waals surface area contributed by atoms with E-state index in [-0.39, 0.29) is 5.92 Å². The Labute approximate surface area is 114 Å². The average Bonchev–Trinajstić information content (AvgIpc) is 2.79. The summed E-state index contributed by atoms with van der Waals surface area (Å²) in [5, 5.41) is 0. The topological polar surface area (TPSA) is 49.9 Å². The van der Waals surface area contributed by atoms with Gasteiger partial charge in [0.05, 0.1) is 18.9 Å². The monoisotopic (exact) mass is 282 g/mol. The molecule has 1 fully saturated rings. The predicted octanol–water partition coefficient (Wildman–Crippen LogP) is 1.19. The summed E-state index contributed by atoms with van der Waals surface area (Å²) >= 11 is 0. The molecular weight excluding hydrogens is 264 g/mol. The Hall–Kier alpha value is -1.11. The van der Waals surface area contributed by atoms with Crippen molar-refractivity contribution in [2.24, 2.45) is 0 Å². The second kappa shape index (κ2) is 4.77. The smallest absolute Gasteiger partial charge is 0.304 e. The standard InChI is InChI=1S/C13H18N2O3S/c1-11-10-15(13-5-3-2-4-12(11)13)19(16,17)14-6-8-18-9-7-14/h2-5,11H,6-10H2,1H3/t11-/m0/s1. The maximum absolute atomic E-state index is 12.7. The van der Waals surface area contributed by atoms with E-state index in [0.29, 0.717) is 32.8 Å². The van der Waals surface area contributed by atoms with E-state index in [1.165, 1.54) is 4.31 Å². The van der Waals surface area contributed by atoms with Crippen molar-refractivity contribution in [3.63, 3.8) is 0 Å². The molecule has 0 aromatic heterocycles. The molecule has 0 spiro atoms. The van der Waals surface area contributed by atoms with Gasteiger partial charge in [0.2, 0.25) is 0 Å². The maximum atomic E-state index is 12.7. The summed E-state index contributed by atoms with van der Waals surface area (Å²) in [6.45, 7) is 4.42. The molecule has 6 heteroatoms. The largest absolute Gasteiger partial charge is 0.379 e. The average molecular weight is 282 g/mol. The first-order valence-corrected chi connectivity index (χ1v) is 7.95. The molecule has 3 rings (SSSR count). The van der Waals surface area contributed by atoms with Crippen LogP contribution in [0.4, 0.5) is 5.69 Å². The molecule has 1 aromatic rings. The lowest BCUT2D eigenvalue weighted by Gasteiger charge is -2.31. The molecular formula is C13H18N2O3S. The Bertz CT molecular complexity index is 567. The number of ether oxygens (including phenoxy) is 1. The van der Waals surface area contributed by atoms with Gasteiger partial charge in [-0.25, -0.2) is 0 Å². The fraction of sp³-hybridized carbons (Fsp3) is 0.538. The minimum absolute atomic E-state index is 0.243. The number of hydrogen-bond donors (Lipinski definition) is 0. The zero-order valence-corrected chi connectivity index (χ0v) is 11.8. The molecule has 19 heavy (non-hydrogen) atoms. The van der Waals surface area contributed by atoms with Crippen LogP contribution >= 0.6 is 0 Å². The van der Waals surface area contributed by atoms with Crippen LogP contribution in [0.2, 0.25) is 0 Å². The van der Waals surface area contributed by atoms with Gasteiger partial charge in [-0.3, -0.25) is 4.31 Å². The molecule has 0 unspecified atom stereocenters. The van der Waals surface area contributed by atoms with Crippen molar-refractivity contribution in [3.8, 4) is 0 Å². The van der Waals surface area contributed by atoms with Crippen molar-refractivity contribution < 1.29 is 13.2 Å². The van der Waals surface area contributed by atoms with E-state index < -0.39 is 10.2 Å². The van der Waals surface area contributed by atoms with Crippen LogP contribution in [0.5, 0.6) is 0 Å². The third-order valence-electron chi connectivity index (χ3n) is 3.75. The van der Waals surface area contributed by atoms with E-state index in [0.717, 1.165) is 11.3 Å². The van der Waals surface area contributed by atoms with E-state index in [9.17, 15) is 8.42 Å². The maximum Gasteiger partial charge on any atom is 0.304 e. The second-order valence-corrected chi connectivity index (χ2v) is 6.86. The first kappa shape index (κ1) is 12.9. The number of morpholine rings is 1. The first-order valence-electron chi connectivity index (χ1n) is 6.55. The Morgan fingerprint density at radius 3 is 2.63 bits per heavy atom. The van der Waals surface area contributed by atoms with Gasteiger partial charge in [0.15, 0.2) is 0 Å². The lowest BCUT2D eigenvalue weighted by atomic mass is 10.0. The summed E-state index contributed by atoms with van der Waals surface area (Å²) in [7, 11) is -3.42. The van der Waals surface area contributed by atoms with Crippen LogP contribution < -0.4 is 4.31 Å². The van der Waals surface area contributed by atoms with E-state index in [4.69, 9.17) is 4.74 Å². The zero-order valence-electron chi connectivity index (χ0n) is 10.9. The lowest BCUT2D eigenvalue weighted by molar-refractivity contribution is 0.0729. The van der Waals surface area contributed by atoms with Crippen molar-refractivity contribution in [2.45, 2.75) is 12.8 Å². The summed E-state index contributed by atoms with van der Waals surface area (Å²) in [5.41, 5.74) is 1.93. The predicted molar refractivity (Wildman–Crippen MR) is 73.5 cm³/mol. The summed E-state index contributed by atoms with van der Waals surface area (Å²) in [6.07, 6.45) is 0. The van der Waals surface area contributed by atoms with Gasteiger partial charge in [0, 0.05) is 25.6 Å². The molecule has 1 atom stereocenters. The molecule has 104 valence electrons. The van der Waals surface area contributed by atoms with E-state index in [1.807, 2.05) is 24.3 Å². The number of rotatable bonds is 2. The molecule has 5 nitrogen and oxygen atoms in total. The number of hydrogen-bond acceptors (Lipinski definition) is 3. The number of benzene rings is 1. The van der Waals surface area contributed by atoms with E-state index >= 15 is 0 Å². The van der Waals surface area contributed by atoms with Gasteiger partial charge >= 0.3 is 10.2 Å². The van der Waals surface area contributed by atoms with Crippen LogP contribution in [-0.2, 0) is 14.9 Å². The first-order chi connectivity index (χ1) is 9.10. The summed E-state index contributed by atoms with van der Waals surface area (Å²) in [6, 6.07) is 7.74. The normalized spacial score (nSPS) is 24.5. The summed E-state index contributed by atoms with van der Waals surface area (Å²) < 4.78 is 33.7. The number of anilines is 1. The fourth-order valence-electron chi connectivity index (χ4n) is 2.71. The highest BCUT2D eigenvalue weighted by molar-refractivity contribution is 7.90. The van der Waals surface area contributed by atoms with Gasteiger partial charge in [-0.05, 0) is 11.6 Å². The SMILES string of the molecule is C[C@H]1CN(S(=O)(=O)N2CCOCC2)c2ccccc21. The van der Waals surface area contributed by atoms with Crippen LogP contribution in [0, 0.1) is 0 Å². The second-order valence-electron chi connectivity index (χ2n) is 5.01. The molecule has 2 heterocycles. The third kappa shape index (κ3) is 2.13. The van der Waals surface area contributed by atoms with Crippen LogP contribution in [0.15, 0.2) is 24.3 Å². The van der Waals surface area contributed by atoms with Gasteiger partial charge in [-0.1, -0.05) is 25.1 Å². The molecule has 1 saturated heterocycles.